The number of piperidine rings is 1. The first kappa shape index (κ1) is 26.4. The number of rotatable bonds is 8. The van der Waals surface area contributed by atoms with Gasteiger partial charge in [-0.15, -0.1) is 5.10 Å². The molecule has 3 heterocycles. The van der Waals surface area contributed by atoms with Crippen LogP contribution >= 0.6 is 0 Å². The Balaban J connectivity index is 1.21. The van der Waals surface area contributed by atoms with Crippen LogP contribution in [0.5, 0.6) is 0 Å². The standard InChI is InChI=1S/C26H36FN5O4S/c27-23-4-1-3-21(17-23)20-6-8-24(9-7-20)36-19-22-18-31(26-5-2-11-28-29-26)12-10-25(22)30-37(33,34)32-13-15-35-16-14-32/h1-5,11,17,20,22,24-25,30H,6-10,12-16,18-19H2/t20?,22?,24?,25-/m0/s1. The molecule has 0 bridgehead atoms. The monoisotopic (exact) mass is 533 g/mol. The molecule has 1 unspecified atom stereocenters. The molecule has 9 nitrogen and oxygen atoms in total. The van der Waals surface area contributed by atoms with Gasteiger partial charge in [0.15, 0.2) is 5.82 Å². The number of benzene rings is 1. The van der Waals surface area contributed by atoms with Gasteiger partial charge in [0, 0.05) is 44.3 Å². The van der Waals surface area contributed by atoms with Gasteiger partial charge in [-0.25, -0.2) is 4.39 Å². The Morgan fingerprint density at radius 3 is 2.59 bits per heavy atom. The summed E-state index contributed by atoms with van der Waals surface area (Å²) >= 11 is 0. The van der Waals surface area contributed by atoms with E-state index in [1.165, 1.54) is 10.4 Å². The Kier molecular flexibility index (Phi) is 8.66. The molecule has 1 aromatic carbocycles. The lowest BCUT2D eigenvalue weighted by atomic mass is 9.82. The molecule has 2 aliphatic heterocycles. The molecule has 1 aliphatic carbocycles. The van der Waals surface area contributed by atoms with Crippen molar-refractivity contribution < 1.29 is 22.3 Å². The smallest absolute Gasteiger partial charge is 0.279 e. The molecule has 1 aromatic heterocycles. The van der Waals surface area contributed by atoms with Crippen molar-refractivity contribution in [3.05, 3.63) is 54.0 Å². The van der Waals surface area contributed by atoms with E-state index < -0.39 is 10.2 Å². The fourth-order valence-corrected chi connectivity index (χ4v) is 7.13. The second-order valence-electron chi connectivity index (χ2n) is 10.2. The summed E-state index contributed by atoms with van der Waals surface area (Å²) in [5.41, 5.74) is 1.06. The van der Waals surface area contributed by atoms with E-state index in [9.17, 15) is 12.8 Å². The Hall–Kier alpha value is -2.18. The van der Waals surface area contributed by atoms with Crippen molar-refractivity contribution in [2.24, 2.45) is 5.92 Å². The van der Waals surface area contributed by atoms with Crippen molar-refractivity contribution in [2.45, 2.75) is 50.2 Å². The van der Waals surface area contributed by atoms with Gasteiger partial charge in [-0.3, -0.25) is 0 Å². The molecule has 202 valence electrons. The van der Waals surface area contributed by atoms with E-state index >= 15 is 0 Å². The number of anilines is 1. The van der Waals surface area contributed by atoms with E-state index in [0.29, 0.717) is 58.3 Å². The van der Waals surface area contributed by atoms with Gasteiger partial charge in [-0.05, 0) is 67.9 Å². The van der Waals surface area contributed by atoms with Gasteiger partial charge in [-0.1, -0.05) is 12.1 Å². The van der Waals surface area contributed by atoms with Crippen molar-refractivity contribution in [3.8, 4) is 0 Å². The van der Waals surface area contributed by atoms with Crippen molar-refractivity contribution in [1.82, 2.24) is 19.2 Å². The Morgan fingerprint density at radius 2 is 1.86 bits per heavy atom. The van der Waals surface area contributed by atoms with Gasteiger partial charge in [0.25, 0.3) is 10.2 Å². The normalized spacial score (nSPS) is 27.8. The van der Waals surface area contributed by atoms with Gasteiger partial charge in [0.1, 0.15) is 5.82 Å². The van der Waals surface area contributed by atoms with Gasteiger partial charge in [-0.2, -0.15) is 22.5 Å². The molecule has 5 rings (SSSR count). The van der Waals surface area contributed by atoms with E-state index in [-0.39, 0.29) is 23.9 Å². The molecular formula is C26H36FN5O4S. The largest absolute Gasteiger partial charge is 0.379 e. The summed E-state index contributed by atoms with van der Waals surface area (Å²) < 4.78 is 56.0. The van der Waals surface area contributed by atoms with E-state index in [0.717, 1.165) is 37.1 Å². The highest BCUT2D eigenvalue weighted by Gasteiger charge is 2.36. The van der Waals surface area contributed by atoms with Crippen LogP contribution in [0, 0.1) is 11.7 Å². The Labute approximate surface area is 218 Å². The molecular weight excluding hydrogens is 497 g/mol. The highest BCUT2D eigenvalue weighted by atomic mass is 32.2. The molecule has 2 atom stereocenters. The number of nitrogens with one attached hydrogen (secondary N) is 1. The second-order valence-corrected chi connectivity index (χ2v) is 11.9. The zero-order chi connectivity index (χ0) is 25.7. The van der Waals surface area contributed by atoms with Crippen LogP contribution in [0.2, 0.25) is 0 Å². The van der Waals surface area contributed by atoms with Crippen molar-refractivity contribution in [3.63, 3.8) is 0 Å². The van der Waals surface area contributed by atoms with E-state index in [1.807, 2.05) is 18.2 Å². The van der Waals surface area contributed by atoms with Crippen LogP contribution in [0.25, 0.3) is 0 Å². The maximum absolute atomic E-state index is 13.7. The second kappa shape index (κ2) is 12.1. The fourth-order valence-electron chi connectivity index (χ4n) is 5.66. The number of morpholine rings is 1. The summed E-state index contributed by atoms with van der Waals surface area (Å²) in [5, 5.41) is 8.26. The average molecular weight is 534 g/mol. The van der Waals surface area contributed by atoms with Crippen molar-refractivity contribution in [1.29, 1.82) is 0 Å². The van der Waals surface area contributed by atoms with Crippen molar-refractivity contribution in [2.75, 3.05) is 50.9 Å². The maximum atomic E-state index is 13.7. The van der Waals surface area contributed by atoms with E-state index in [1.54, 1.807) is 18.3 Å². The summed E-state index contributed by atoms with van der Waals surface area (Å²) in [7, 11) is -3.61. The van der Waals surface area contributed by atoms with Crippen LogP contribution in [0.4, 0.5) is 10.2 Å². The fraction of sp³-hybridized carbons (Fsp3) is 0.615. The molecule has 1 saturated carbocycles. The molecule has 0 radical (unpaired) electrons. The molecule has 37 heavy (non-hydrogen) atoms. The third-order valence-corrected chi connectivity index (χ3v) is 9.41. The van der Waals surface area contributed by atoms with Crippen LogP contribution < -0.4 is 9.62 Å². The minimum atomic E-state index is -3.61. The molecule has 1 N–H and O–H groups in total. The number of hydrogen-bond donors (Lipinski definition) is 1. The van der Waals surface area contributed by atoms with Crippen LogP contribution in [0.1, 0.15) is 43.6 Å². The highest BCUT2D eigenvalue weighted by Crippen LogP contribution is 2.35. The third-order valence-electron chi connectivity index (χ3n) is 7.77. The lowest BCUT2D eigenvalue weighted by Gasteiger charge is -2.40. The first-order valence-corrected chi connectivity index (χ1v) is 14.7. The van der Waals surface area contributed by atoms with Gasteiger partial charge in [0.2, 0.25) is 0 Å². The summed E-state index contributed by atoms with van der Waals surface area (Å²) in [6, 6.07) is 10.5. The number of nitrogens with zero attached hydrogens (tertiary/aromatic N) is 4. The molecule has 2 saturated heterocycles. The van der Waals surface area contributed by atoms with Gasteiger partial charge >= 0.3 is 0 Å². The average Bonchev–Trinajstić information content (AvgIpc) is 2.93. The predicted octanol–water partition coefficient (Wildman–Crippen LogP) is 2.72. The van der Waals surface area contributed by atoms with E-state index in [2.05, 4.69) is 19.8 Å². The first-order valence-electron chi connectivity index (χ1n) is 13.2. The molecule has 3 fully saturated rings. The minimum Gasteiger partial charge on any atom is -0.379 e. The number of ether oxygens (including phenoxy) is 2. The third kappa shape index (κ3) is 6.83. The summed E-state index contributed by atoms with van der Waals surface area (Å²) in [6.07, 6.45) is 6.15. The van der Waals surface area contributed by atoms with Gasteiger partial charge < -0.3 is 14.4 Å². The number of hydrogen-bond acceptors (Lipinski definition) is 7. The first-order chi connectivity index (χ1) is 18.0. The Bertz CT molecular complexity index is 1110. The number of halogens is 1. The summed E-state index contributed by atoms with van der Waals surface area (Å²) in [5.74, 6) is 0.918. The molecule has 11 heteroatoms. The van der Waals surface area contributed by atoms with Crippen LogP contribution in [0.3, 0.4) is 0 Å². The van der Waals surface area contributed by atoms with Crippen LogP contribution in [0.15, 0.2) is 42.6 Å². The summed E-state index contributed by atoms with van der Waals surface area (Å²) in [6.45, 7) is 3.33. The lowest BCUT2D eigenvalue weighted by molar-refractivity contribution is -0.00239. The van der Waals surface area contributed by atoms with Crippen LogP contribution in [-0.4, -0.2) is 81.1 Å². The highest BCUT2D eigenvalue weighted by molar-refractivity contribution is 7.87. The zero-order valence-corrected chi connectivity index (χ0v) is 21.9. The van der Waals surface area contributed by atoms with Gasteiger partial charge in [0.05, 0.1) is 25.9 Å². The predicted molar refractivity (Wildman–Crippen MR) is 138 cm³/mol. The maximum Gasteiger partial charge on any atom is 0.279 e. The van der Waals surface area contributed by atoms with E-state index in [4.69, 9.17) is 9.47 Å². The molecule has 0 amide bonds. The van der Waals surface area contributed by atoms with Crippen LogP contribution in [-0.2, 0) is 19.7 Å². The SMILES string of the molecule is O=S(=O)(N[C@H]1CCN(c2cccnn2)CC1COC1CCC(c2cccc(F)c2)CC1)N1CCOCC1. The van der Waals surface area contributed by atoms with Crippen molar-refractivity contribution >= 4 is 16.0 Å². The molecule has 3 aliphatic rings. The zero-order valence-electron chi connectivity index (χ0n) is 21.0. The Morgan fingerprint density at radius 1 is 1.05 bits per heavy atom. The topological polar surface area (TPSA) is 96.9 Å². The summed E-state index contributed by atoms with van der Waals surface area (Å²) in [4.78, 5) is 2.15. The lowest BCUT2D eigenvalue weighted by Crippen LogP contribution is -2.56. The quantitative estimate of drug-likeness (QED) is 0.557. The molecule has 0 spiro atoms. The number of aromatic nitrogens is 2. The minimum absolute atomic E-state index is 0.0347. The molecule has 2 aromatic rings.